The summed E-state index contributed by atoms with van der Waals surface area (Å²) >= 11 is 0. The van der Waals surface area contributed by atoms with Crippen LogP contribution in [0.3, 0.4) is 0 Å². The third-order valence-electron chi connectivity index (χ3n) is 5.36. The predicted molar refractivity (Wildman–Crippen MR) is 118 cm³/mol. The molecule has 0 saturated heterocycles. The molecule has 1 aliphatic heterocycles. The largest absolute Gasteiger partial charge is 0.479 e. The summed E-state index contributed by atoms with van der Waals surface area (Å²) in [6.07, 6.45) is 4.44. The van der Waals surface area contributed by atoms with Crippen LogP contribution in [0.5, 0.6) is 5.88 Å². The van der Waals surface area contributed by atoms with E-state index >= 15 is 0 Å². The van der Waals surface area contributed by atoms with Gasteiger partial charge in [0.05, 0.1) is 30.3 Å². The Balaban J connectivity index is 1.50. The minimum absolute atomic E-state index is 0.262. The SMILES string of the molecule is COc1nc(-c2ccnc(Nc3ccc4c(n3)CCNC4)n2)cc2c1ncn2C(C)C. The zero-order valence-electron chi connectivity index (χ0n) is 17.8. The van der Waals surface area contributed by atoms with E-state index in [1.54, 1.807) is 13.3 Å². The van der Waals surface area contributed by atoms with E-state index in [2.05, 4.69) is 55.1 Å². The lowest BCUT2D eigenvalue weighted by Gasteiger charge is -2.17. The van der Waals surface area contributed by atoms with Crippen molar-refractivity contribution in [1.82, 2.24) is 34.8 Å². The Hall–Kier alpha value is -3.59. The van der Waals surface area contributed by atoms with Crippen molar-refractivity contribution in [2.75, 3.05) is 19.0 Å². The van der Waals surface area contributed by atoms with Crippen LogP contribution in [0.1, 0.15) is 31.1 Å². The Bertz CT molecular complexity index is 1250. The van der Waals surface area contributed by atoms with Gasteiger partial charge in [-0.2, -0.15) is 0 Å². The Morgan fingerprint density at radius 1 is 1.10 bits per heavy atom. The molecule has 158 valence electrons. The summed E-state index contributed by atoms with van der Waals surface area (Å²) in [5.74, 6) is 1.68. The van der Waals surface area contributed by atoms with Crippen LogP contribution in [-0.2, 0) is 13.0 Å². The van der Waals surface area contributed by atoms with Gasteiger partial charge in [0.2, 0.25) is 11.8 Å². The van der Waals surface area contributed by atoms with Crippen molar-refractivity contribution >= 4 is 22.8 Å². The third-order valence-corrected chi connectivity index (χ3v) is 5.36. The maximum atomic E-state index is 5.50. The molecular weight excluding hydrogens is 392 g/mol. The van der Waals surface area contributed by atoms with Gasteiger partial charge in [0.15, 0.2) is 5.52 Å². The first kappa shape index (κ1) is 19.4. The first-order valence-corrected chi connectivity index (χ1v) is 10.3. The number of aromatic nitrogens is 6. The average molecular weight is 416 g/mol. The fourth-order valence-electron chi connectivity index (χ4n) is 3.77. The molecule has 0 bridgehead atoms. The number of fused-ring (bicyclic) bond motifs is 2. The van der Waals surface area contributed by atoms with E-state index in [4.69, 9.17) is 9.72 Å². The normalized spacial score (nSPS) is 13.4. The van der Waals surface area contributed by atoms with Gasteiger partial charge in [-0.15, -0.1) is 0 Å². The molecule has 0 amide bonds. The van der Waals surface area contributed by atoms with Crippen LogP contribution in [0.15, 0.2) is 36.8 Å². The summed E-state index contributed by atoms with van der Waals surface area (Å²) in [6, 6.07) is 8.13. The molecule has 4 aromatic heterocycles. The van der Waals surface area contributed by atoms with E-state index in [1.165, 1.54) is 5.56 Å². The van der Waals surface area contributed by atoms with Crippen LogP contribution in [0.2, 0.25) is 0 Å². The van der Waals surface area contributed by atoms with E-state index in [1.807, 2.05) is 24.5 Å². The highest BCUT2D eigenvalue weighted by atomic mass is 16.5. The predicted octanol–water partition coefficient (Wildman–Crippen LogP) is 3.26. The molecule has 1 aliphatic rings. The number of hydrogen-bond donors (Lipinski definition) is 2. The fraction of sp³-hybridized carbons (Fsp3) is 0.318. The maximum absolute atomic E-state index is 5.50. The highest BCUT2D eigenvalue weighted by molar-refractivity contribution is 5.84. The molecular formula is C22H24N8O. The second-order valence-corrected chi connectivity index (χ2v) is 7.75. The Kier molecular flexibility index (Phi) is 4.95. The molecule has 4 aromatic rings. The number of rotatable bonds is 5. The summed E-state index contributed by atoms with van der Waals surface area (Å²) in [7, 11) is 1.60. The minimum Gasteiger partial charge on any atom is -0.479 e. The van der Waals surface area contributed by atoms with E-state index < -0.39 is 0 Å². The van der Waals surface area contributed by atoms with Crippen LogP contribution in [0.4, 0.5) is 11.8 Å². The third kappa shape index (κ3) is 3.68. The van der Waals surface area contributed by atoms with Gasteiger partial charge in [-0.05, 0) is 37.6 Å². The monoisotopic (exact) mass is 416 g/mol. The van der Waals surface area contributed by atoms with E-state index in [0.717, 1.165) is 42.1 Å². The van der Waals surface area contributed by atoms with Crippen molar-refractivity contribution in [3.63, 3.8) is 0 Å². The molecule has 0 fully saturated rings. The van der Waals surface area contributed by atoms with Crippen molar-refractivity contribution in [3.8, 4) is 17.3 Å². The number of imidazole rings is 1. The number of nitrogens with zero attached hydrogens (tertiary/aromatic N) is 6. The van der Waals surface area contributed by atoms with Gasteiger partial charge in [-0.3, -0.25) is 0 Å². The van der Waals surface area contributed by atoms with E-state index in [0.29, 0.717) is 23.2 Å². The van der Waals surface area contributed by atoms with E-state index in [9.17, 15) is 0 Å². The molecule has 0 aliphatic carbocycles. The molecule has 0 spiro atoms. The van der Waals surface area contributed by atoms with Gasteiger partial charge < -0.3 is 19.9 Å². The first-order valence-electron chi connectivity index (χ1n) is 10.3. The lowest BCUT2D eigenvalue weighted by Crippen LogP contribution is -2.24. The highest BCUT2D eigenvalue weighted by Gasteiger charge is 2.16. The number of pyridine rings is 2. The van der Waals surface area contributed by atoms with Gasteiger partial charge in [-0.25, -0.2) is 24.9 Å². The second kappa shape index (κ2) is 7.92. The highest BCUT2D eigenvalue weighted by Crippen LogP contribution is 2.29. The molecule has 0 atom stereocenters. The molecule has 0 unspecified atom stereocenters. The fourth-order valence-corrected chi connectivity index (χ4v) is 3.77. The summed E-state index contributed by atoms with van der Waals surface area (Å²) in [4.78, 5) is 22.9. The van der Waals surface area contributed by atoms with Crippen LogP contribution in [0.25, 0.3) is 22.4 Å². The average Bonchev–Trinajstić information content (AvgIpc) is 3.23. The smallest absolute Gasteiger partial charge is 0.242 e. The van der Waals surface area contributed by atoms with Crippen LogP contribution >= 0.6 is 0 Å². The topological polar surface area (TPSA) is 103 Å². The minimum atomic E-state index is 0.262. The number of ether oxygens (including phenoxy) is 1. The molecule has 9 nitrogen and oxygen atoms in total. The lowest BCUT2D eigenvalue weighted by molar-refractivity contribution is 0.403. The Labute approximate surface area is 180 Å². The van der Waals surface area contributed by atoms with Crippen molar-refractivity contribution in [1.29, 1.82) is 0 Å². The van der Waals surface area contributed by atoms with Gasteiger partial charge in [0, 0.05) is 37.4 Å². The summed E-state index contributed by atoms with van der Waals surface area (Å²) < 4.78 is 7.59. The number of hydrogen-bond acceptors (Lipinski definition) is 8. The molecule has 31 heavy (non-hydrogen) atoms. The van der Waals surface area contributed by atoms with Crippen molar-refractivity contribution in [2.24, 2.45) is 0 Å². The zero-order valence-corrected chi connectivity index (χ0v) is 17.8. The standard InChI is InChI=1S/C22H24N8O/c1-13(2)30-12-25-20-18(30)10-17(27-21(20)31-3)16-7-9-24-22(28-16)29-19-5-4-14-11-23-8-6-15(14)26-19/h4-5,7,9-10,12-13,23H,6,8,11H2,1-3H3,(H,24,26,28,29). The van der Waals surface area contributed by atoms with Gasteiger partial charge in [0.1, 0.15) is 5.82 Å². The number of methoxy groups -OCH3 is 1. The summed E-state index contributed by atoms with van der Waals surface area (Å²) in [5, 5.41) is 6.58. The molecule has 5 heterocycles. The Morgan fingerprint density at radius 3 is 2.84 bits per heavy atom. The molecule has 0 aromatic carbocycles. The van der Waals surface area contributed by atoms with Gasteiger partial charge >= 0.3 is 0 Å². The molecule has 5 rings (SSSR count). The zero-order chi connectivity index (χ0) is 21.4. The van der Waals surface area contributed by atoms with Crippen molar-refractivity contribution < 1.29 is 4.74 Å². The molecule has 2 N–H and O–H groups in total. The van der Waals surface area contributed by atoms with Gasteiger partial charge in [-0.1, -0.05) is 6.07 Å². The summed E-state index contributed by atoms with van der Waals surface area (Å²) in [6.45, 7) is 6.03. The second-order valence-electron chi connectivity index (χ2n) is 7.75. The van der Waals surface area contributed by atoms with Crippen molar-refractivity contribution in [2.45, 2.75) is 32.9 Å². The van der Waals surface area contributed by atoms with Gasteiger partial charge in [0.25, 0.3) is 0 Å². The van der Waals surface area contributed by atoms with Crippen LogP contribution < -0.4 is 15.4 Å². The molecule has 0 radical (unpaired) electrons. The summed E-state index contributed by atoms with van der Waals surface area (Å²) in [5.41, 5.74) is 5.42. The Morgan fingerprint density at radius 2 is 2.00 bits per heavy atom. The van der Waals surface area contributed by atoms with Crippen molar-refractivity contribution in [3.05, 3.63) is 48.0 Å². The molecule has 0 saturated carbocycles. The molecule has 9 heteroatoms. The quantitative estimate of drug-likeness (QED) is 0.511. The number of nitrogens with one attached hydrogen (secondary N) is 2. The van der Waals surface area contributed by atoms with E-state index in [-0.39, 0.29) is 6.04 Å². The van der Waals surface area contributed by atoms with Crippen LogP contribution in [-0.4, -0.2) is 43.1 Å². The lowest BCUT2D eigenvalue weighted by atomic mass is 10.1. The first-order chi connectivity index (χ1) is 15.1. The maximum Gasteiger partial charge on any atom is 0.242 e. The number of anilines is 2. The van der Waals surface area contributed by atoms with Crippen LogP contribution in [0, 0.1) is 0 Å².